The first kappa shape index (κ1) is 23.7. The lowest BCUT2D eigenvalue weighted by Crippen LogP contribution is -2.17. The molecule has 1 saturated carbocycles. The zero-order valence-electron chi connectivity index (χ0n) is 18.2. The average molecular weight is 495 g/mol. The molecule has 2 amide bonds. The van der Waals surface area contributed by atoms with Crippen molar-refractivity contribution >= 4 is 39.8 Å². The van der Waals surface area contributed by atoms with Crippen LogP contribution < -0.4 is 11.1 Å². The highest BCUT2D eigenvalue weighted by molar-refractivity contribution is 7.18. The number of halogens is 3. The fourth-order valence-corrected chi connectivity index (χ4v) is 4.49. The summed E-state index contributed by atoms with van der Waals surface area (Å²) in [5.41, 5.74) is 4.31. The molecule has 0 aliphatic heterocycles. The fraction of sp³-hybridized carbons (Fsp3) is 0.381. The third-order valence-corrected chi connectivity index (χ3v) is 6.48. The van der Waals surface area contributed by atoms with Gasteiger partial charge in [-0.1, -0.05) is 6.92 Å². The van der Waals surface area contributed by atoms with Crippen molar-refractivity contribution in [1.29, 1.82) is 0 Å². The maximum Gasteiger partial charge on any atom is 0.433 e. The molecule has 1 aliphatic carbocycles. The van der Waals surface area contributed by atoms with Crippen molar-refractivity contribution in [2.75, 3.05) is 11.9 Å². The van der Waals surface area contributed by atoms with Crippen LogP contribution in [0.2, 0.25) is 0 Å². The Kier molecular flexibility index (Phi) is 6.06. The Hall–Kier alpha value is -3.48. The monoisotopic (exact) mass is 495 g/mol. The van der Waals surface area contributed by atoms with Gasteiger partial charge in [0.2, 0.25) is 0 Å². The molecule has 0 bridgehead atoms. The van der Waals surface area contributed by atoms with Gasteiger partial charge in [-0.05, 0) is 37.8 Å². The van der Waals surface area contributed by atoms with Crippen LogP contribution in [0.15, 0.2) is 12.3 Å². The van der Waals surface area contributed by atoms with Gasteiger partial charge < -0.3 is 15.8 Å². The van der Waals surface area contributed by atoms with Crippen LogP contribution in [-0.2, 0) is 10.9 Å². The van der Waals surface area contributed by atoms with Crippen LogP contribution in [0.1, 0.15) is 79.4 Å². The molecule has 34 heavy (non-hydrogen) atoms. The number of carbonyl (C=O) groups excluding carboxylic acids is 3. The van der Waals surface area contributed by atoms with E-state index in [0.29, 0.717) is 23.8 Å². The highest BCUT2D eigenvalue weighted by Gasteiger charge is 2.38. The maximum absolute atomic E-state index is 13.6. The summed E-state index contributed by atoms with van der Waals surface area (Å²) in [5, 5.41) is 6.22. The van der Waals surface area contributed by atoms with Gasteiger partial charge in [0.1, 0.15) is 16.3 Å². The Bertz CT molecular complexity index is 1310. The number of esters is 1. The topological polar surface area (TPSA) is 129 Å². The Labute approximate surface area is 195 Å². The minimum atomic E-state index is -4.71. The minimum absolute atomic E-state index is 0.00820. The van der Waals surface area contributed by atoms with Crippen LogP contribution in [0.4, 0.5) is 18.2 Å². The highest BCUT2D eigenvalue weighted by Crippen LogP contribution is 2.41. The Morgan fingerprint density at radius 2 is 2.03 bits per heavy atom. The first-order valence-electron chi connectivity index (χ1n) is 10.4. The van der Waals surface area contributed by atoms with E-state index < -0.39 is 29.7 Å². The van der Waals surface area contributed by atoms with Gasteiger partial charge in [-0.2, -0.15) is 18.3 Å². The first-order valence-corrected chi connectivity index (χ1v) is 11.2. The number of amides is 2. The van der Waals surface area contributed by atoms with Gasteiger partial charge in [-0.25, -0.2) is 14.3 Å². The van der Waals surface area contributed by atoms with Crippen molar-refractivity contribution in [3.05, 3.63) is 45.2 Å². The van der Waals surface area contributed by atoms with E-state index in [0.717, 1.165) is 23.6 Å². The van der Waals surface area contributed by atoms with Crippen molar-refractivity contribution in [2.45, 2.75) is 45.2 Å². The fourth-order valence-electron chi connectivity index (χ4n) is 3.45. The zero-order chi connectivity index (χ0) is 24.8. The second-order valence-electron chi connectivity index (χ2n) is 7.85. The van der Waals surface area contributed by atoms with E-state index in [4.69, 9.17) is 10.5 Å². The lowest BCUT2D eigenvalue weighted by Gasteiger charge is -2.11. The van der Waals surface area contributed by atoms with Gasteiger partial charge in [-0.3, -0.25) is 9.59 Å². The lowest BCUT2D eigenvalue weighted by atomic mass is 10.1. The van der Waals surface area contributed by atoms with E-state index in [1.165, 1.54) is 6.92 Å². The molecule has 0 radical (unpaired) electrons. The molecule has 3 heterocycles. The summed E-state index contributed by atoms with van der Waals surface area (Å²) in [6.45, 7) is 3.41. The molecule has 3 aromatic rings. The molecule has 4 rings (SSSR count). The highest BCUT2D eigenvalue weighted by atomic mass is 32.1. The number of hydrogen-bond donors (Lipinski definition) is 2. The van der Waals surface area contributed by atoms with Crippen molar-refractivity contribution in [3.8, 4) is 0 Å². The van der Waals surface area contributed by atoms with Crippen molar-refractivity contribution in [2.24, 2.45) is 5.73 Å². The van der Waals surface area contributed by atoms with Gasteiger partial charge in [0.25, 0.3) is 11.8 Å². The smallest absolute Gasteiger partial charge is 0.433 e. The number of anilines is 1. The number of hydrogen-bond acceptors (Lipinski definition) is 7. The van der Waals surface area contributed by atoms with Gasteiger partial charge in [0.05, 0.1) is 23.2 Å². The predicted molar refractivity (Wildman–Crippen MR) is 116 cm³/mol. The summed E-state index contributed by atoms with van der Waals surface area (Å²) in [6, 6.07) is 0.947. The molecule has 0 saturated heterocycles. The summed E-state index contributed by atoms with van der Waals surface area (Å²) >= 11 is 0.778. The van der Waals surface area contributed by atoms with Gasteiger partial charge in [0.15, 0.2) is 5.65 Å². The minimum Gasteiger partial charge on any atom is -0.462 e. The number of ether oxygens (including phenoxy) is 1. The molecule has 1 aliphatic rings. The predicted octanol–water partition coefficient (Wildman–Crippen LogP) is 3.91. The second kappa shape index (κ2) is 8.70. The van der Waals surface area contributed by atoms with E-state index >= 15 is 0 Å². The molecule has 3 aromatic heterocycles. The first-order chi connectivity index (χ1) is 16.0. The molecule has 0 aromatic carbocycles. The van der Waals surface area contributed by atoms with Crippen LogP contribution in [0, 0.1) is 6.92 Å². The number of primary amides is 1. The maximum atomic E-state index is 13.6. The molecule has 180 valence electrons. The van der Waals surface area contributed by atoms with Gasteiger partial charge in [0, 0.05) is 11.6 Å². The summed E-state index contributed by atoms with van der Waals surface area (Å²) in [6.07, 6.45) is -1.75. The van der Waals surface area contributed by atoms with E-state index in [-0.39, 0.29) is 50.4 Å². The largest absolute Gasteiger partial charge is 0.462 e. The molecular weight excluding hydrogens is 475 g/mol. The Morgan fingerprint density at radius 3 is 2.62 bits per heavy atom. The van der Waals surface area contributed by atoms with Crippen LogP contribution >= 0.6 is 11.3 Å². The molecule has 1 fully saturated rings. The third kappa shape index (κ3) is 4.34. The van der Waals surface area contributed by atoms with E-state index in [1.807, 2.05) is 0 Å². The number of nitrogens with one attached hydrogen (secondary N) is 1. The molecule has 0 atom stereocenters. The number of carbonyl (C=O) groups is 3. The van der Waals surface area contributed by atoms with Crippen LogP contribution in [0.3, 0.4) is 0 Å². The SMILES string of the molecule is CCCOC(=O)c1c(NC(=O)c2cnn3c(C(F)(F)F)cc(C4CC4)nc23)sc(C(N)=O)c1C. The molecule has 9 nitrogen and oxygen atoms in total. The Morgan fingerprint density at radius 1 is 1.32 bits per heavy atom. The van der Waals surface area contributed by atoms with E-state index in [2.05, 4.69) is 15.4 Å². The third-order valence-electron chi connectivity index (χ3n) is 5.26. The molecule has 0 spiro atoms. The number of aromatic nitrogens is 3. The normalized spacial score (nSPS) is 13.8. The van der Waals surface area contributed by atoms with Gasteiger partial charge in [-0.15, -0.1) is 11.3 Å². The van der Waals surface area contributed by atoms with Crippen LogP contribution in [-0.4, -0.2) is 39.0 Å². The van der Waals surface area contributed by atoms with Crippen molar-refractivity contribution in [3.63, 3.8) is 0 Å². The average Bonchev–Trinajstić information content (AvgIpc) is 3.44. The summed E-state index contributed by atoms with van der Waals surface area (Å²) in [7, 11) is 0. The zero-order valence-corrected chi connectivity index (χ0v) is 19.0. The quantitative estimate of drug-likeness (QED) is 0.478. The van der Waals surface area contributed by atoms with Crippen molar-refractivity contribution in [1.82, 2.24) is 14.6 Å². The number of nitrogens with zero attached hydrogens (tertiary/aromatic N) is 3. The number of alkyl halides is 3. The van der Waals surface area contributed by atoms with Crippen molar-refractivity contribution < 1.29 is 32.3 Å². The number of fused-ring (bicyclic) bond motifs is 1. The van der Waals surface area contributed by atoms with E-state index in [1.54, 1.807) is 6.92 Å². The molecule has 0 unspecified atom stereocenters. The number of thiophene rings is 1. The summed E-state index contributed by atoms with van der Waals surface area (Å²) in [4.78, 5) is 41.7. The van der Waals surface area contributed by atoms with Crippen LogP contribution in [0.5, 0.6) is 0 Å². The summed E-state index contributed by atoms with van der Waals surface area (Å²) in [5.74, 6) is -2.50. The number of rotatable bonds is 7. The molecule has 13 heteroatoms. The summed E-state index contributed by atoms with van der Waals surface area (Å²) < 4.78 is 46.6. The molecule has 3 N–H and O–H groups in total. The lowest BCUT2D eigenvalue weighted by molar-refractivity contribution is -0.142. The van der Waals surface area contributed by atoms with E-state index in [9.17, 15) is 27.6 Å². The second-order valence-corrected chi connectivity index (χ2v) is 8.87. The Balaban J connectivity index is 1.76. The van der Waals surface area contributed by atoms with Crippen LogP contribution in [0.25, 0.3) is 5.65 Å². The molecular formula is C21H20F3N5O4S. The standard InChI is InChI=1S/C21H20F3N5O4S/c1-3-6-33-20(32)14-9(2)15(16(25)30)34-19(14)28-18(31)11-8-26-29-13(21(22,23)24)7-12(10-4-5-10)27-17(11)29/h7-8,10H,3-6H2,1-2H3,(H2,25,30)(H,28,31). The van der Waals surface area contributed by atoms with Gasteiger partial charge >= 0.3 is 12.1 Å². The number of nitrogens with two attached hydrogens (primary N) is 1.